The van der Waals surface area contributed by atoms with Crippen LogP contribution in [0, 0.1) is 0 Å². The van der Waals surface area contributed by atoms with Crippen molar-refractivity contribution >= 4 is 11.3 Å². The first-order valence-electron chi connectivity index (χ1n) is 9.79. The summed E-state index contributed by atoms with van der Waals surface area (Å²) in [5, 5.41) is 0. The van der Waals surface area contributed by atoms with Gasteiger partial charge >= 0.3 is 0 Å². The van der Waals surface area contributed by atoms with Gasteiger partial charge in [0.25, 0.3) is 0 Å². The van der Waals surface area contributed by atoms with Crippen LogP contribution in [0.5, 0.6) is 0 Å². The van der Waals surface area contributed by atoms with Gasteiger partial charge in [0.1, 0.15) is 5.65 Å². The topological polar surface area (TPSA) is 49.8 Å². The van der Waals surface area contributed by atoms with Crippen molar-refractivity contribution < 1.29 is 0 Å². The van der Waals surface area contributed by atoms with Crippen molar-refractivity contribution in [1.82, 2.24) is 19.2 Å². The Labute approximate surface area is 161 Å². The summed E-state index contributed by atoms with van der Waals surface area (Å²) in [5.74, 6) is 0.532. The first-order valence-corrected chi connectivity index (χ1v) is 9.79. The van der Waals surface area contributed by atoms with Crippen molar-refractivity contribution in [2.75, 3.05) is 39.0 Å². The van der Waals surface area contributed by atoms with Crippen LogP contribution in [0.15, 0.2) is 42.6 Å². The molecule has 1 saturated heterocycles. The molecule has 142 valence electrons. The molecule has 1 fully saturated rings. The number of fused-ring (bicyclic) bond motifs is 1. The number of benzene rings is 1. The molecule has 27 heavy (non-hydrogen) atoms. The standard InChI is InChI=1S/C22H29N5/c1-16(2)17-4-6-18(7-5-17)22-20(15-26-12-10-25(3)11-13-26)27-14-19(23)8-9-21(27)24-22/h4-9,14,16H,10-13,15,23H2,1-3H3. The Hall–Kier alpha value is -2.37. The lowest BCUT2D eigenvalue weighted by atomic mass is 10.0. The van der Waals surface area contributed by atoms with E-state index < -0.39 is 0 Å². The van der Waals surface area contributed by atoms with Gasteiger partial charge < -0.3 is 15.0 Å². The molecular weight excluding hydrogens is 334 g/mol. The van der Waals surface area contributed by atoms with E-state index >= 15 is 0 Å². The van der Waals surface area contributed by atoms with Crippen LogP contribution in [-0.4, -0.2) is 52.4 Å². The number of pyridine rings is 1. The number of aromatic nitrogens is 2. The Morgan fingerprint density at radius 2 is 1.70 bits per heavy atom. The van der Waals surface area contributed by atoms with Gasteiger partial charge in [0.15, 0.2) is 0 Å². The highest BCUT2D eigenvalue weighted by Crippen LogP contribution is 2.28. The fourth-order valence-electron chi connectivity index (χ4n) is 3.74. The summed E-state index contributed by atoms with van der Waals surface area (Å²) in [6, 6.07) is 12.8. The van der Waals surface area contributed by atoms with Gasteiger partial charge in [0.2, 0.25) is 0 Å². The van der Waals surface area contributed by atoms with E-state index in [1.165, 1.54) is 16.8 Å². The van der Waals surface area contributed by atoms with Gasteiger partial charge in [-0.05, 0) is 30.7 Å². The van der Waals surface area contributed by atoms with Crippen LogP contribution in [0.25, 0.3) is 16.9 Å². The van der Waals surface area contributed by atoms with E-state index in [-0.39, 0.29) is 0 Å². The van der Waals surface area contributed by atoms with Crippen LogP contribution < -0.4 is 5.73 Å². The molecule has 3 heterocycles. The maximum absolute atomic E-state index is 6.08. The van der Waals surface area contributed by atoms with Gasteiger partial charge in [-0.1, -0.05) is 38.1 Å². The van der Waals surface area contributed by atoms with Crippen molar-refractivity contribution in [2.45, 2.75) is 26.3 Å². The molecular formula is C22H29N5. The zero-order chi connectivity index (χ0) is 19.0. The summed E-state index contributed by atoms with van der Waals surface area (Å²) in [6.07, 6.45) is 2.00. The van der Waals surface area contributed by atoms with Crippen LogP contribution in [0.4, 0.5) is 5.69 Å². The minimum absolute atomic E-state index is 0.532. The summed E-state index contributed by atoms with van der Waals surface area (Å²) in [5.41, 5.74) is 12.6. The van der Waals surface area contributed by atoms with Crippen molar-refractivity contribution in [3.63, 3.8) is 0 Å². The normalized spacial score (nSPS) is 16.4. The first kappa shape index (κ1) is 18.0. The number of anilines is 1. The number of nitrogens with zero attached hydrogens (tertiary/aromatic N) is 4. The Bertz CT molecular complexity index is 918. The number of likely N-dealkylation sites (N-methyl/N-ethyl adjacent to an activating group) is 1. The lowest BCUT2D eigenvalue weighted by molar-refractivity contribution is 0.147. The average Bonchev–Trinajstić information content (AvgIpc) is 3.01. The third-order valence-corrected chi connectivity index (χ3v) is 5.56. The predicted molar refractivity (Wildman–Crippen MR) is 112 cm³/mol. The first-order chi connectivity index (χ1) is 13.0. The van der Waals surface area contributed by atoms with Crippen molar-refractivity contribution in [3.8, 4) is 11.3 Å². The largest absolute Gasteiger partial charge is 0.398 e. The number of nitrogens with two attached hydrogens (primary N) is 1. The summed E-state index contributed by atoms with van der Waals surface area (Å²) in [4.78, 5) is 9.85. The van der Waals surface area contributed by atoms with Gasteiger partial charge in [0, 0.05) is 50.2 Å². The summed E-state index contributed by atoms with van der Waals surface area (Å²) in [6.45, 7) is 9.72. The fourth-order valence-corrected chi connectivity index (χ4v) is 3.74. The SMILES string of the molecule is CC(C)c1ccc(-c2nc3ccc(N)cn3c2CN2CCN(C)CC2)cc1. The molecule has 0 bridgehead atoms. The van der Waals surface area contributed by atoms with Gasteiger partial charge in [-0.3, -0.25) is 4.90 Å². The second kappa shape index (κ2) is 7.33. The van der Waals surface area contributed by atoms with E-state index in [0.29, 0.717) is 5.92 Å². The van der Waals surface area contributed by atoms with Crippen LogP contribution in [0.3, 0.4) is 0 Å². The molecule has 0 saturated carbocycles. The molecule has 5 nitrogen and oxygen atoms in total. The highest BCUT2D eigenvalue weighted by Gasteiger charge is 2.20. The minimum Gasteiger partial charge on any atom is -0.398 e. The van der Waals surface area contributed by atoms with Crippen LogP contribution in [0.1, 0.15) is 31.0 Å². The Morgan fingerprint density at radius 1 is 1.00 bits per heavy atom. The molecule has 0 atom stereocenters. The molecule has 1 aliphatic rings. The molecule has 0 aliphatic carbocycles. The number of imidazole rings is 1. The Kier molecular flexibility index (Phi) is 4.89. The van der Waals surface area contributed by atoms with E-state index in [0.717, 1.165) is 49.8 Å². The molecule has 0 spiro atoms. The van der Waals surface area contributed by atoms with Gasteiger partial charge in [-0.2, -0.15) is 0 Å². The number of hydrogen-bond acceptors (Lipinski definition) is 4. The molecule has 0 unspecified atom stereocenters. The van der Waals surface area contributed by atoms with Gasteiger partial charge in [-0.25, -0.2) is 4.98 Å². The molecule has 4 rings (SSSR count). The molecule has 3 aromatic rings. The van der Waals surface area contributed by atoms with E-state index in [2.05, 4.69) is 59.4 Å². The zero-order valence-corrected chi connectivity index (χ0v) is 16.5. The highest BCUT2D eigenvalue weighted by molar-refractivity contribution is 5.67. The van der Waals surface area contributed by atoms with E-state index in [9.17, 15) is 0 Å². The number of nitrogen functional groups attached to an aromatic ring is 1. The smallest absolute Gasteiger partial charge is 0.137 e. The number of rotatable bonds is 4. The lowest BCUT2D eigenvalue weighted by Crippen LogP contribution is -2.44. The molecule has 1 aliphatic heterocycles. The molecule has 5 heteroatoms. The zero-order valence-electron chi connectivity index (χ0n) is 16.5. The van der Waals surface area contributed by atoms with Gasteiger partial charge in [0.05, 0.1) is 11.4 Å². The maximum atomic E-state index is 6.08. The minimum atomic E-state index is 0.532. The molecule has 0 amide bonds. The summed E-state index contributed by atoms with van der Waals surface area (Å²) >= 11 is 0. The fraction of sp³-hybridized carbons (Fsp3) is 0.409. The van der Waals surface area contributed by atoms with E-state index in [4.69, 9.17) is 10.7 Å². The molecule has 0 radical (unpaired) electrons. The summed E-state index contributed by atoms with van der Waals surface area (Å²) in [7, 11) is 2.19. The van der Waals surface area contributed by atoms with Crippen LogP contribution in [0.2, 0.25) is 0 Å². The molecule has 2 N–H and O–H groups in total. The number of hydrogen-bond donors (Lipinski definition) is 1. The second-order valence-electron chi connectivity index (χ2n) is 7.95. The number of piperazine rings is 1. The highest BCUT2D eigenvalue weighted by atomic mass is 15.3. The predicted octanol–water partition coefficient (Wildman–Crippen LogP) is 3.45. The molecule has 1 aromatic carbocycles. The monoisotopic (exact) mass is 363 g/mol. The summed E-state index contributed by atoms with van der Waals surface area (Å²) < 4.78 is 2.17. The van der Waals surface area contributed by atoms with Crippen molar-refractivity contribution in [3.05, 3.63) is 53.9 Å². The van der Waals surface area contributed by atoms with Crippen molar-refractivity contribution in [1.29, 1.82) is 0 Å². The Balaban J connectivity index is 1.74. The second-order valence-corrected chi connectivity index (χ2v) is 7.95. The van der Waals surface area contributed by atoms with Gasteiger partial charge in [-0.15, -0.1) is 0 Å². The third kappa shape index (κ3) is 3.70. The third-order valence-electron chi connectivity index (χ3n) is 5.56. The van der Waals surface area contributed by atoms with Crippen LogP contribution >= 0.6 is 0 Å². The van der Waals surface area contributed by atoms with E-state index in [1.54, 1.807) is 0 Å². The van der Waals surface area contributed by atoms with Crippen LogP contribution in [-0.2, 0) is 6.54 Å². The maximum Gasteiger partial charge on any atom is 0.137 e. The van der Waals surface area contributed by atoms with Crippen molar-refractivity contribution in [2.24, 2.45) is 0 Å². The molecule has 2 aromatic heterocycles. The lowest BCUT2D eigenvalue weighted by Gasteiger charge is -2.32. The average molecular weight is 364 g/mol. The quantitative estimate of drug-likeness (QED) is 0.771. The van der Waals surface area contributed by atoms with E-state index in [1.807, 2.05) is 18.3 Å². The Morgan fingerprint density at radius 3 is 2.37 bits per heavy atom.